The van der Waals surface area contributed by atoms with Crippen LogP contribution in [0, 0.1) is 6.92 Å². The number of methoxy groups -OCH3 is 1. The zero-order valence-electron chi connectivity index (χ0n) is 11.8. The van der Waals surface area contributed by atoms with E-state index in [2.05, 4.69) is 17.2 Å². The van der Waals surface area contributed by atoms with Gasteiger partial charge < -0.3 is 14.5 Å². The maximum atomic E-state index is 11.5. The molecule has 20 heavy (non-hydrogen) atoms. The van der Waals surface area contributed by atoms with Crippen molar-refractivity contribution in [1.29, 1.82) is 0 Å². The molecule has 2 aromatic rings. The lowest BCUT2D eigenvalue weighted by Gasteiger charge is -2.12. The van der Waals surface area contributed by atoms with Gasteiger partial charge >= 0.3 is 5.97 Å². The summed E-state index contributed by atoms with van der Waals surface area (Å²) in [5.74, 6) is 0.929. The minimum atomic E-state index is -0.371. The van der Waals surface area contributed by atoms with Gasteiger partial charge in [-0.2, -0.15) is 0 Å². The summed E-state index contributed by atoms with van der Waals surface area (Å²) in [6, 6.07) is 1.92. The largest absolute Gasteiger partial charge is 0.465 e. The van der Waals surface area contributed by atoms with E-state index in [-0.39, 0.29) is 12.0 Å². The van der Waals surface area contributed by atoms with Crippen molar-refractivity contribution in [2.24, 2.45) is 0 Å². The molecule has 0 bridgehead atoms. The second-order valence-electron chi connectivity index (χ2n) is 4.39. The van der Waals surface area contributed by atoms with E-state index in [0.29, 0.717) is 17.9 Å². The van der Waals surface area contributed by atoms with Gasteiger partial charge in [-0.05, 0) is 19.4 Å². The number of hydrogen-bond donors (Lipinski definition) is 1. The lowest BCUT2D eigenvalue weighted by Crippen LogP contribution is -2.19. The average Bonchev–Trinajstić information content (AvgIpc) is 3.09. The topological polar surface area (TPSA) is 64.4 Å². The van der Waals surface area contributed by atoms with Gasteiger partial charge in [-0.15, -0.1) is 11.3 Å². The van der Waals surface area contributed by atoms with Crippen molar-refractivity contribution in [2.75, 3.05) is 7.11 Å². The molecule has 0 saturated heterocycles. The monoisotopic (exact) mass is 294 g/mol. The SMILES string of the molecule is CCC(NCc1cc(C(=O)OC)c(C)o1)c1nccs1. The Hall–Kier alpha value is -1.66. The quantitative estimate of drug-likeness (QED) is 0.829. The molecule has 108 valence electrons. The molecular formula is C14H18N2O3S. The van der Waals surface area contributed by atoms with Crippen LogP contribution in [-0.4, -0.2) is 18.1 Å². The highest BCUT2D eigenvalue weighted by atomic mass is 32.1. The fourth-order valence-corrected chi connectivity index (χ4v) is 2.78. The summed E-state index contributed by atoms with van der Waals surface area (Å²) in [5, 5.41) is 6.41. The lowest BCUT2D eigenvalue weighted by atomic mass is 10.2. The summed E-state index contributed by atoms with van der Waals surface area (Å²) < 4.78 is 10.3. The fourth-order valence-electron chi connectivity index (χ4n) is 1.98. The Morgan fingerprint density at radius 2 is 2.40 bits per heavy atom. The summed E-state index contributed by atoms with van der Waals surface area (Å²) in [7, 11) is 1.36. The molecule has 1 atom stereocenters. The van der Waals surface area contributed by atoms with E-state index in [9.17, 15) is 4.79 Å². The number of nitrogens with one attached hydrogen (secondary N) is 1. The zero-order chi connectivity index (χ0) is 14.5. The number of thiazole rings is 1. The number of carbonyl (C=O) groups is 1. The normalized spacial score (nSPS) is 12.3. The molecule has 0 saturated carbocycles. The van der Waals surface area contributed by atoms with Gasteiger partial charge in [0.05, 0.1) is 19.7 Å². The smallest absolute Gasteiger partial charge is 0.341 e. The predicted octanol–water partition coefficient (Wildman–Crippen LogP) is 3.07. The Balaban J connectivity index is 2.02. The van der Waals surface area contributed by atoms with Crippen LogP contribution >= 0.6 is 11.3 Å². The van der Waals surface area contributed by atoms with E-state index in [1.807, 2.05) is 5.38 Å². The Morgan fingerprint density at radius 1 is 1.60 bits per heavy atom. The van der Waals surface area contributed by atoms with Crippen LogP contribution in [0.15, 0.2) is 22.1 Å². The Labute approximate surface area is 122 Å². The molecule has 0 amide bonds. The van der Waals surface area contributed by atoms with Gasteiger partial charge in [-0.3, -0.25) is 0 Å². The molecule has 5 nitrogen and oxygen atoms in total. The predicted molar refractivity (Wildman–Crippen MR) is 76.8 cm³/mol. The van der Waals surface area contributed by atoms with Crippen molar-refractivity contribution in [3.63, 3.8) is 0 Å². The molecule has 2 heterocycles. The molecule has 0 aliphatic heterocycles. The number of ether oxygens (including phenoxy) is 1. The number of aromatic nitrogens is 1. The first-order valence-corrected chi connectivity index (χ1v) is 7.34. The molecule has 2 aromatic heterocycles. The van der Waals surface area contributed by atoms with Crippen molar-refractivity contribution in [3.8, 4) is 0 Å². The minimum Gasteiger partial charge on any atom is -0.465 e. The minimum absolute atomic E-state index is 0.196. The molecule has 2 rings (SSSR count). The summed E-state index contributed by atoms with van der Waals surface area (Å²) in [6.45, 7) is 4.41. The first-order chi connectivity index (χ1) is 9.65. The van der Waals surface area contributed by atoms with Crippen LogP contribution in [0.25, 0.3) is 0 Å². The molecule has 1 unspecified atom stereocenters. The third kappa shape index (κ3) is 3.26. The van der Waals surface area contributed by atoms with Crippen molar-refractivity contribution < 1.29 is 13.9 Å². The number of rotatable bonds is 6. The molecule has 0 fully saturated rings. The van der Waals surface area contributed by atoms with Crippen LogP contribution in [0.4, 0.5) is 0 Å². The molecule has 0 aromatic carbocycles. The highest BCUT2D eigenvalue weighted by molar-refractivity contribution is 7.09. The molecule has 1 N–H and O–H groups in total. The number of esters is 1. The molecule has 0 aliphatic rings. The molecule has 0 spiro atoms. The van der Waals surface area contributed by atoms with Crippen LogP contribution in [0.2, 0.25) is 0 Å². The van der Waals surface area contributed by atoms with Crippen molar-refractivity contribution in [2.45, 2.75) is 32.9 Å². The van der Waals surface area contributed by atoms with E-state index in [4.69, 9.17) is 9.15 Å². The van der Waals surface area contributed by atoms with Crippen LogP contribution in [0.5, 0.6) is 0 Å². The summed E-state index contributed by atoms with van der Waals surface area (Å²) in [6.07, 6.45) is 2.74. The maximum absolute atomic E-state index is 11.5. The van der Waals surface area contributed by atoms with Crippen LogP contribution in [0.1, 0.15) is 46.3 Å². The Kier molecular flexibility index (Phi) is 4.92. The highest BCUT2D eigenvalue weighted by Gasteiger charge is 2.17. The van der Waals surface area contributed by atoms with E-state index >= 15 is 0 Å². The van der Waals surface area contributed by atoms with Crippen molar-refractivity contribution >= 4 is 17.3 Å². The first-order valence-electron chi connectivity index (χ1n) is 6.46. The van der Waals surface area contributed by atoms with Gasteiger partial charge in [0.25, 0.3) is 0 Å². The van der Waals surface area contributed by atoms with Gasteiger partial charge in [0.15, 0.2) is 0 Å². The Morgan fingerprint density at radius 3 is 3.00 bits per heavy atom. The van der Waals surface area contributed by atoms with E-state index in [0.717, 1.165) is 17.2 Å². The second-order valence-corrected chi connectivity index (χ2v) is 5.31. The maximum Gasteiger partial charge on any atom is 0.341 e. The van der Waals surface area contributed by atoms with E-state index in [1.54, 1.807) is 30.5 Å². The third-order valence-corrected chi connectivity index (χ3v) is 3.94. The van der Waals surface area contributed by atoms with E-state index < -0.39 is 0 Å². The van der Waals surface area contributed by atoms with Crippen LogP contribution < -0.4 is 5.32 Å². The average molecular weight is 294 g/mol. The first kappa shape index (κ1) is 14.7. The summed E-state index contributed by atoms with van der Waals surface area (Å²) >= 11 is 1.63. The second kappa shape index (κ2) is 6.67. The number of furan rings is 1. The molecular weight excluding hydrogens is 276 g/mol. The standard InChI is InChI=1S/C14H18N2O3S/c1-4-12(13-15-5-6-20-13)16-8-10-7-11(9(2)19-10)14(17)18-3/h5-7,12,16H,4,8H2,1-3H3. The highest BCUT2D eigenvalue weighted by Crippen LogP contribution is 2.21. The van der Waals surface area contributed by atoms with Crippen molar-refractivity contribution in [3.05, 3.63) is 39.7 Å². The number of hydrogen-bond acceptors (Lipinski definition) is 6. The lowest BCUT2D eigenvalue weighted by molar-refractivity contribution is 0.0599. The summed E-state index contributed by atoms with van der Waals surface area (Å²) in [5.41, 5.74) is 0.478. The van der Waals surface area contributed by atoms with Gasteiger partial charge in [-0.25, -0.2) is 9.78 Å². The van der Waals surface area contributed by atoms with Gasteiger partial charge in [0.1, 0.15) is 22.1 Å². The summed E-state index contributed by atoms with van der Waals surface area (Å²) in [4.78, 5) is 15.8. The van der Waals surface area contributed by atoms with Gasteiger partial charge in [0, 0.05) is 11.6 Å². The third-order valence-electron chi connectivity index (χ3n) is 3.05. The van der Waals surface area contributed by atoms with E-state index in [1.165, 1.54) is 7.11 Å². The molecule has 6 heteroatoms. The zero-order valence-corrected chi connectivity index (χ0v) is 12.6. The van der Waals surface area contributed by atoms with Crippen LogP contribution in [0.3, 0.4) is 0 Å². The number of aryl methyl sites for hydroxylation is 1. The van der Waals surface area contributed by atoms with Gasteiger partial charge in [-0.1, -0.05) is 6.92 Å². The molecule has 0 radical (unpaired) electrons. The van der Waals surface area contributed by atoms with Crippen LogP contribution in [-0.2, 0) is 11.3 Å². The van der Waals surface area contributed by atoms with Gasteiger partial charge in [0.2, 0.25) is 0 Å². The Bertz CT molecular complexity index is 563. The number of nitrogens with zero attached hydrogens (tertiary/aromatic N) is 1. The fraction of sp³-hybridized carbons (Fsp3) is 0.429. The number of carbonyl (C=O) groups excluding carboxylic acids is 1. The van der Waals surface area contributed by atoms with Crippen molar-refractivity contribution in [1.82, 2.24) is 10.3 Å². The molecule has 0 aliphatic carbocycles.